The third kappa shape index (κ3) is 2.99. The summed E-state index contributed by atoms with van der Waals surface area (Å²) >= 11 is 0. The van der Waals surface area contributed by atoms with Gasteiger partial charge in [0.25, 0.3) is 0 Å². The molecule has 108 valence electrons. The first-order chi connectivity index (χ1) is 9.41. The predicted octanol–water partition coefficient (Wildman–Crippen LogP) is 1.23. The van der Waals surface area contributed by atoms with E-state index in [-0.39, 0.29) is 17.9 Å². The Labute approximate surface area is 118 Å². The van der Waals surface area contributed by atoms with Crippen molar-refractivity contribution in [3.05, 3.63) is 35.9 Å². The van der Waals surface area contributed by atoms with Crippen LogP contribution in [-0.2, 0) is 15.1 Å². The van der Waals surface area contributed by atoms with Crippen LogP contribution in [0.25, 0.3) is 0 Å². The van der Waals surface area contributed by atoms with Crippen molar-refractivity contribution in [3.8, 4) is 0 Å². The van der Waals surface area contributed by atoms with E-state index in [1.807, 2.05) is 30.3 Å². The van der Waals surface area contributed by atoms with Crippen molar-refractivity contribution in [1.29, 1.82) is 0 Å². The molecule has 1 aliphatic rings. The monoisotopic (exact) mass is 276 g/mol. The molecule has 1 aromatic rings. The lowest BCUT2D eigenvalue weighted by Gasteiger charge is -2.26. The van der Waals surface area contributed by atoms with Crippen LogP contribution in [-0.4, -0.2) is 23.0 Å². The Kier molecular flexibility index (Phi) is 4.09. The van der Waals surface area contributed by atoms with Crippen molar-refractivity contribution in [1.82, 2.24) is 5.32 Å². The summed E-state index contributed by atoms with van der Waals surface area (Å²) in [7, 11) is 0. The number of rotatable bonds is 4. The maximum Gasteiger partial charge on any atom is 0.306 e. The average molecular weight is 276 g/mol. The minimum atomic E-state index is -1.11. The molecule has 0 heterocycles. The smallest absolute Gasteiger partial charge is 0.306 e. The van der Waals surface area contributed by atoms with Gasteiger partial charge in [0.15, 0.2) is 0 Å². The maximum absolute atomic E-state index is 12.3. The lowest BCUT2D eigenvalue weighted by Crippen LogP contribution is -2.51. The van der Waals surface area contributed by atoms with Crippen LogP contribution in [0.4, 0.5) is 0 Å². The van der Waals surface area contributed by atoms with Gasteiger partial charge >= 0.3 is 5.97 Å². The van der Waals surface area contributed by atoms with Crippen molar-refractivity contribution in [2.24, 2.45) is 11.7 Å². The summed E-state index contributed by atoms with van der Waals surface area (Å²) < 4.78 is 0. The number of carbonyl (C=O) groups excluding carboxylic acids is 1. The molecule has 1 amide bonds. The molecule has 0 saturated heterocycles. The van der Waals surface area contributed by atoms with E-state index >= 15 is 0 Å². The molecule has 4 N–H and O–H groups in total. The van der Waals surface area contributed by atoms with Crippen molar-refractivity contribution >= 4 is 11.9 Å². The summed E-state index contributed by atoms with van der Waals surface area (Å²) in [5.74, 6) is -1.42. The molecule has 1 saturated carbocycles. The van der Waals surface area contributed by atoms with Crippen LogP contribution in [0.5, 0.6) is 0 Å². The number of hydrogen-bond donors (Lipinski definition) is 3. The van der Waals surface area contributed by atoms with Crippen LogP contribution < -0.4 is 11.1 Å². The summed E-state index contributed by atoms with van der Waals surface area (Å²) in [6.45, 7) is 1.67. The standard InChI is InChI=1S/C15H20N2O3/c1-15(16,11-5-3-2-4-6-11)14(20)17-12-8-7-10(9-12)13(18)19/h2-6,10,12H,7-9,16H2,1H3,(H,17,20)(H,18,19)/t10-,12+,15?/m1/s1. The number of amides is 1. The second-order valence-electron chi connectivity index (χ2n) is 5.59. The number of benzene rings is 1. The zero-order valence-electron chi connectivity index (χ0n) is 11.5. The van der Waals surface area contributed by atoms with Crippen LogP contribution in [0.2, 0.25) is 0 Å². The first-order valence-electron chi connectivity index (χ1n) is 6.79. The van der Waals surface area contributed by atoms with Gasteiger partial charge in [-0.3, -0.25) is 9.59 Å². The molecule has 0 bridgehead atoms. The zero-order chi connectivity index (χ0) is 14.8. The van der Waals surface area contributed by atoms with Gasteiger partial charge in [-0.05, 0) is 31.7 Å². The summed E-state index contributed by atoms with van der Waals surface area (Å²) in [4.78, 5) is 23.2. The molecule has 1 aliphatic carbocycles. The highest BCUT2D eigenvalue weighted by molar-refractivity contribution is 5.87. The Balaban J connectivity index is 2.00. The SMILES string of the molecule is CC(N)(C(=O)N[C@H]1CC[C@@H](C(=O)O)C1)c1ccccc1. The lowest BCUT2D eigenvalue weighted by molar-refractivity contribution is -0.141. The Morgan fingerprint density at radius 1 is 1.30 bits per heavy atom. The van der Waals surface area contributed by atoms with Crippen LogP contribution in [0.15, 0.2) is 30.3 Å². The number of aliphatic carboxylic acids is 1. The van der Waals surface area contributed by atoms with Gasteiger partial charge in [0.05, 0.1) is 5.92 Å². The molecule has 3 atom stereocenters. The van der Waals surface area contributed by atoms with Crippen LogP contribution in [0, 0.1) is 5.92 Å². The van der Waals surface area contributed by atoms with Gasteiger partial charge in [-0.25, -0.2) is 0 Å². The van der Waals surface area contributed by atoms with Crippen LogP contribution in [0.3, 0.4) is 0 Å². The molecule has 5 heteroatoms. The number of hydrogen-bond acceptors (Lipinski definition) is 3. The zero-order valence-corrected chi connectivity index (χ0v) is 11.5. The fraction of sp³-hybridized carbons (Fsp3) is 0.467. The van der Waals surface area contributed by atoms with Gasteiger partial charge in [0, 0.05) is 6.04 Å². The van der Waals surface area contributed by atoms with Crippen molar-refractivity contribution in [3.63, 3.8) is 0 Å². The molecule has 1 aromatic carbocycles. The van der Waals surface area contributed by atoms with Gasteiger partial charge in [-0.2, -0.15) is 0 Å². The fourth-order valence-electron chi connectivity index (χ4n) is 2.59. The van der Waals surface area contributed by atoms with E-state index in [0.717, 1.165) is 5.56 Å². The molecule has 1 fully saturated rings. The Bertz CT molecular complexity index is 499. The van der Waals surface area contributed by atoms with Gasteiger partial charge < -0.3 is 16.2 Å². The highest BCUT2D eigenvalue weighted by atomic mass is 16.4. The summed E-state index contributed by atoms with van der Waals surface area (Å²) in [5, 5.41) is 11.8. The molecule has 0 spiro atoms. The van der Waals surface area contributed by atoms with E-state index in [0.29, 0.717) is 19.3 Å². The quantitative estimate of drug-likeness (QED) is 0.771. The maximum atomic E-state index is 12.3. The summed E-state index contributed by atoms with van der Waals surface area (Å²) in [6.07, 6.45) is 1.77. The van der Waals surface area contributed by atoms with E-state index in [9.17, 15) is 9.59 Å². The summed E-state index contributed by atoms with van der Waals surface area (Å²) in [6, 6.07) is 9.07. The fourth-order valence-corrected chi connectivity index (χ4v) is 2.59. The topological polar surface area (TPSA) is 92.4 Å². The van der Waals surface area contributed by atoms with E-state index in [1.54, 1.807) is 6.92 Å². The average Bonchev–Trinajstić information content (AvgIpc) is 2.88. The van der Waals surface area contributed by atoms with Crippen LogP contribution in [0.1, 0.15) is 31.7 Å². The second kappa shape index (κ2) is 5.63. The first-order valence-corrected chi connectivity index (χ1v) is 6.79. The van der Waals surface area contributed by atoms with Crippen molar-refractivity contribution in [2.45, 2.75) is 37.8 Å². The molecule has 5 nitrogen and oxygen atoms in total. The van der Waals surface area contributed by atoms with E-state index < -0.39 is 11.5 Å². The highest BCUT2D eigenvalue weighted by Gasteiger charge is 2.35. The third-order valence-corrected chi connectivity index (χ3v) is 3.96. The Morgan fingerprint density at radius 2 is 1.95 bits per heavy atom. The molecular weight excluding hydrogens is 256 g/mol. The number of nitrogens with two attached hydrogens (primary N) is 1. The van der Waals surface area contributed by atoms with E-state index in [4.69, 9.17) is 10.8 Å². The largest absolute Gasteiger partial charge is 0.481 e. The minimum Gasteiger partial charge on any atom is -0.481 e. The van der Waals surface area contributed by atoms with Crippen molar-refractivity contribution in [2.75, 3.05) is 0 Å². The number of carboxylic acids is 1. The molecular formula is C15H20N2O3. The Morgan fingerprint density at radius 3 is 2.50 bits per heavy atom. The number of carbonyl (C=O) groups is 2. The number of carboxylic acid groups (broad SMARTS) is 1. The van der Waals surface area contributed by atoms with Gasteiger partial charge in [-0.1, -0.05) is 30.3 Å². The van der Waals surface area contributed by atoms with Gasteiger partial charge in [-0.15, -0.1) is 0 Å². The minimum absolute atomic E-state index is 0.102. The molecule has 0 radical (unpaired) electrons. The molecule has 0 aliphatic heterocycles. The van der Waals surface area contributed by atoms with Crippen LogP contribution >= 0.6 is 0 Å². The first kappa shape index (κ1) is 14.5. The molecule has 20 heavy (non-hydrogen) atoms. The normalized spacial score (nSPS) is 24.9. The number of nitrogens with one attached hydrogen (secondary N) is 1. The summed E-state index contributed by atoms with van der Waals surface area (Å²) in [5.41, 5.74) is 5.76. The molecule has 2 rings (SSSR count). The van der Waals surface area contributed by atoms with E-state index in [1.165, 1.54) is 0 Å². The van der Waals surface area contributed by atoms with Gasteiger partial charge in [0.1, 0.15) is 5.54 Å². The third-order valence-electron chi connectivity index (χ3n) is 3.96. The lowest BCUT2D eigenvalue weighted by atomic mass is 9.92. The molecule has 0 aromatic heterocycles. The second-order valence-corrected chi connectivity index (χ2v) is 5.59. The predicted molar refractivity (Wildman–Crippen MR) is 74.9 cm³/mol. The van der Waals surface area contributed by atoms with E-state index in [2.05, 4.69) is 5.32 Å². The Hall–Kier alpha value is -1.88. The highest BCUT2D eigenvalue weighted by Crippen LogP contribution is 2.27. The molecule has 1 unspecified atom stereocenters. The van der Waals surface area contributed by atoms with Gasteiger partial charge in [0.2, 0.25) is 5.91 Å². The van der Waals surface area contributed by atoms with Crippen molar-refractivity contribution < 1.29 is 14.7 Å².